The van der Waals surface area contributed by atoms with Crippen LogP contribution in [0.3, 0.4) is 0 Å². The minimum atomic E-state index is -3.40. The van der Waals surface area contributed by atoms with E-state index in [1.807, 2.05) is 0 Å². The van der Waals surface area contributed by atoms with Crippen LogP contribution in [0.15, 0.2) is 23.1 Å². The molecule has 0 heterocycles. The molecule has 0 radical (unpaired) electrons. The molecule has 0 aliphatic carbocycles. The van der Waals surface area contributed by atoms with Crippen molar-refractivity contribution in [3.63, 3.8) is 0 Å². The van der Waals surface area contributed by atoms with Crippen LogP contribution in [-0.4, -0.2) is 25.0 Å². The molecule has 1 aromatic rings. The standard InChI is InChI=1S/C10H12ClNO4S/c1-8-7-9(12(13)14)3-4-10(8)17(15,16)6-2-5-11/h3-4,7H,2,5-6H2,1H3. The van der Waals surface area contributed by atoms with E-state index in [4.69, 9.17) is 11.6 Å². The van der Waals surface area contributed by atoms with Crippen LogP contribution in [0.25, 0.3) is 0 Å². The summed E-state index contributed by atoms with van der Waals surface area (Å²) in [7, 11) is -3.40. The molecule has 0 fully saturated rings. The fraction of sp³-hybridized carbons (Fsp3) is 0.400. The first-order valence-electron chi connectivity index (χ1n) is 4.92. The first-order valence-corrected chi connectivity index (χ1v) is 7.11. The molecular weight excluding hydrogens is 266 g/mol. The lowest BCUT2D eigenvalue weighted by Crippen LogP contribution is -2.09. The van der Waals surface area contributed by atoms with E-state index in [9.17, 15) is 18.5 Å². The van der Waals surface area contributed by atoms with Crippen molar-refractivity contribution in [2.24, 2.45) is 0 Å². The average Bonchev–Trinajstić information content (AvgIpc) is 2.25. The van der Waals surface area contributed by atoms with Crippen LogP contribution >= 0.6 is 11.6 Å². The van der Waals surface area contributed by atoms with Gasteiger partial charge in [-0.3, -0.25) is 10.1 Å². The Morgan fingerprint density at radius 3 is 2.53 bits per heavy atom. The van der Waals surface area contributed by atoms with Gasteiger partial charge in [0.15, 0.2) is 9.84 Å². The maximum atomic E-state index is 11.9. The third-order valence-electron chi connectivity index (χ3n) is 2.25. The Balaban J connectivity index is 3.12. The number of rotatable bonds is 5. The normalized spacial score (nSPS) is 11.4. The lowest BCUT2D eigenvalue weighted by atomic mass is 10.2. The smallest absolute Gasteiger partial charge is 0.258 e. The number of alkyl halides is 1. The van der Waals surface area contributed by atoms with Gasteiger partial charge in [-0.25, -0.2) is 8.42 Å². The zero-order valence-corrected chi connectivity index (χ0v) is 10.8. The van der Waals surface area contributed by atoms with Crippen molar-refractivity contribution in [1.29, 1.82) is 0 Å². The molecule has 0 aliphatic heterocycles. The summed E-state index contributed by atoms with van der Waals surface area (Å²) < 4.78 is 23.7. The van der Waals surface area contributed by atoms with Crippen molar-refractivity contribution in [2.75, 3.05) is 11.6 Å². The Hall–Kier alpha value is -1.14. The van der Waals surface area contributed by atoms with Gasteiger partial charge in [0.05, 0.1) is 15.6 Å². The van der Waals surface area contributed by atoms with Crippen LogP contribution in [0, 0.1) is 17.0 Å². The molecule has 17 heavy (non-hydrogen) atoms. The highest BCUT2D eigenvalue weighted by atomic mass is 35.5. The molecule has 0 aliphatic rings. The molecule has 7 heteroatoms. The SMILES string of the molecule is Cc1cc([N+](=O)[O-])ccc1S(=O)(=O)CCCCl. The summed E-state index contributed by atoms with van der Waals surface area (Å²) in [5.41, 5.74) is 0.271. The fourth-order valence-corrected chi connectivity index (χ4v) is 3.31. The van der Waals surface area contributed by atoms with E-state index < -0.39 is 14.8 Å². The number of nitrogens with zero attached hydrogens (tertiary/aromatic N) is 1. The molecule has 0 bridgehead atoms. The molecule has 0 amide bonds. The molecule has 0 atom stereocenters. The molecule has 0 saturated heterocycles. The predicted molar refractivity (Wildman–Crippen MR) is 65.2 cm³/mol. The third-order valence-corrected chi connectivity index (χ3v) is 4.47. The van der Waals surface area contributed by atoms with Gasteiger partial charge in [0.2, 0.25) is 0 Å². The molecule has 1 rings (SSSR count). The Kier molecular flexibility index (Phi) is 4.47. The van der Waals surface area contributed by atoms with E-state index in [1.54, 1.807) is 6.92 Å². The number of hydrogen-bond donors (Lipinski definition) is 0. The van der Waals surface area contributed by atoms with Crippen molar-refractivity contribution < 1.29 is 13.3 Å². The number of aryl methyl sites for hydroxylation is 1. The molecule has 5 nitrogen and oxygen atoms in total. The van der Waals surface area contributed by atoms with Crippen LogP contribution in [0.1, 0.15) is 12.0 Å². The van der Waals surface area contributed by atoms with Gasteiger partial charge in [0.25, 0.3) is 5.69 Å². The molecule has 0 spiro atoms. The van der Waals surface area contributed by atoms with Crippen LogP contribution in [0.4, 0.5) is 5.69 Å². The number of nitro benzene ring substituents is 1. The Labute approximate surface area is 104 Å². The van der Waals surface area contributed by atoms with Crippen molar-refractivity contribution in [3.8, 4) is 0 Å². The topological polar surface area (TPSA) is 77.3 Å². The van der Waals surface area contributed by atoms with Gasteiger partial charge in [0.1, 0.15) is 0 Å². The number of benzene rings is 1. The summed E-state index contributed by atoms with van der Waals surface area (Å²) >= 11 is 5.45. The number of non-ortho nitro benzene ring substituents is 1. The van der Waals surface area contributed by atoms with E-state index in [2.05, 4.69) is 0 Å². The van der Waals surface area contributed by atoms with E-state index in [1.165, 1.54) is 18.2 Å². The Bertz CT molecular complexity index is 527. The Morgan fingerprint density at radius 2 is 2.06 bits per heavy atom. The van der Waals surface area contributed by atoms with Crippen molar-refractivity contribution in [1.82, 2.24) is 0 Å². The second-order valence-electron chi connectivity index (χ2n) is 3.57. The van der Waals surface area contributed by atoms with Crippen LogP contribution < -0.4 is 0 Å². The summed E-state index contributed by atoms with van der Waals surface area (Å²) in [6.07, 6.45) is 0.361. The lowest BCUT2D eigenvalue weighted by Gasteiger charge is -2.06. The van der Waals surface area contributed by atoms with Crippen LogP contribution in [0.5, 0.6) is 0 Å². The first-order chi connectivity index (χ1) is 7.88. The van der Waals surface area contributed by atoms with Gasteiger partial charge >= 0.3 is 0 Å². The van der Waals surface area contributed by atoms with Gasteiger partial charge in [0, 0.05) is 18.0 Å². The number of sulfone groups is 1. The highest BCUT2D eigenvalue weighted by Gasteiger charge is 2.18. The van der Waals surface area contributed by atoms with Crippen molar-refractivity contribution >= 4 is 27.1 Å². The summed E-state index contributed by atoms with van der Waals surface area (Å²) in [5.74, 6) is 0.223. The second kappa shape index (κ2) is 5.46. The van der Waals surface area contributed by atoms with E-state index in [-0.39, 0.29) is 22.2 Å². The zero-order chi connectivity index (χ0) is 13.1. The largest absolute Gasteiger partial charge is 0.269 e. The summed E-state index contributed by atoms with van der Waals surface area (Å²) in [5, 5.41) is 10.5. The maximum absolute atomic E-state index is 11.9. The quantitative estimate of drug-likeness (QED) is 0.470. The molecule has 0 N–H and O–H groups in total. The highest BCUT2D eigenvalue weighted by molar-refractivity contribution is 7.91. The minimum Gasteiger partial charge on any atom is -0.258 e. The molecule has 0 aromatic heterocycles. The highest BCUT2D eigenvalue weighted by Crippen LogP contribution is 2.22. The second-order valence-corrected chi connectivity index (χ2v) is 6.02. The summed E-state index contributed by atoms with van der Waals surface area (Å²) in [6, 6.07) is 3.73. The van der Waals surface area contributed by atoms with E-state index in [0.29, 0.717) is 12.0 Å². The molecule has 0 unspecified atom stereocenters. The van der Waals surface area contributed by atoms with Gasteiger partial charge in [-0.05, 0) is 25.0 Å². The fourth-order valence-electron chi connectivity index (χ4n) is 1.45. The minimum absolute atomic E-state index is 0.0465. The molecule has 0 saturated carbocycles. The number of hydrogen-bond acceptors (Lipinski definition) is 4. The monoisotopic (exact) mass is 277 g/mol. The molecule has 94 valence electrons. The molecular formula is C10H12ClNO4S. The summed E-state index contributed by atoms with van der Waals surface area (Å²) in [4.78, 5) is 10.1. The van der Waals surface area contributed by atoms with E-state index in [0.717, 1.165) is 0 Å². The maximum Gasteiger partial charge on any atom is 0.269 e. The van der Waals surface area contributed by atoms with Crippen LogP contribution in [-0.2, 0) is 9.84 Å². The number of nitro groups is 1. The third kappa shape index (κ3) is 3.41. The van der Waals surface area contributed by atoms with Gasteiger partial charge in [-0.1, -0.05) is 0 Å². The van der Waals surface area contributed by atoms with Gasteiger partial charge in [-0.15, -0.1) is 11.6 Å². The van der Waals surface area contributed by atoms with Gasteiger partial charge in [-0.2, -0.15) is 0 Å². The first kappa shape index (κ1) is 13.9. The van der Waals surface area contributed by atoms with E-state index >= 15 is 0 Å². The average molecular weight is 278 g/mol. The number of halogens is 1. The van der Waals surface area contributed by atoms with Gasteiger partial charge < -0.3 is 0 Å². The van der Waals surface area contributed by atoms with Crippen molar-refractivity contribution in [2.45, 2.75) is 18.2 Å². The molecule has 1 aromatic carbocycles. The summed E-state index contributed by atoms with van der Waals surface area (Å²) in [6.45, 7) is 1.54. The Morgan fingerprint density at radius 1 is 1.41 bits per heavy atom. The van der Waals surface area contributed by atoms with Crippen molar-refractivity contribution in [3.05, 3.63) is 33.9 Å². The predicted octanol–water partition coefficient (Wildman–Crippen LogP) is 2.31. The lowest BCUT2D eigenvalue weighted by molar-refractivity contribution is -0.385. The van der Waals surface area contributed by atoms with Crippen LogP contribution in [0.2, 0.25) is 0 Å². The zero-order valence-electron chi connectivity index (χ0n) is 9.22.